The number of amides is 2. The van der Waals surface area contributed by atoms with Crippen LogP contribution in [0, 0.1) is 0 Å². The van der Waals surface area contributed by atoms with Crippen LogP contribution in [0.1, 0.15) is 85.3 Å². The van der Waals surface area contributed by atoms with Crippen molar-refractivity contribution < 1.29 is 29.4 Å². The van der Waals surface area contributed by atoms with Gasteiger partial charge in [-0.1, -0.05) is 91.0 Å². The SMILES string of the molecule is CC(c1ccccc1)N(C)CC1CC(c2ccc(CO)cc2)OC(c2cccc(-c3cccc(CNC(=O)CCCCC(=O)NO)c3)c2)O1. The van der Waals surface area contributed by atoms with Gasteiger partial charge in [0.1, 0.15) is 0 Å². The molecule has 258 valence electrons. The number of nitrogens with zero attached hydrogens (tertiary/aromatic N) is 1. The summed E-state index contributed by atoms with van der Waals surface area (Å²) < 4.78 is 13.3. The maximum Gasteiger partial charge on any atom is 0.243 e. The Morgan fingerprint density at radius 1 is 0.816 bits per heavy atom. The predicted molar refractivity (Wildman–Crippen MR) is 188 cm³/mol. The maximum absolute atomic E-state index is 12.4. The first-order valence-corrected chi connectivity index (χ1v) is 17.0. The van der Waals surface area contributed by atoms with Gasteiger partial charge in [0.05, 0.1) is 18.8 Å². The Kier molecular flexibility index (Phi) is 13.1. The van der Waals surface area contributed by atoms with Crippen LogP contribution in [0.15, 0.2) is 103 Å². The number of unbranched alkanes of at least 4 members (excludes halogenated alkanes) is 1. The largest absolute Gasteiger partial charge is 0.392 e. The Balaban J connectivity index is 1.28. The van der Waals surface area contributed by atoms with Crippen molar-refractivity contribution in [2.75, 3.05) is 13.6 Å². The minimum absolute atomic E-state index is 0.00388. The zero-order valence-corrected chi connectivity index (χ0v) is 28.3. The van der Waals surface area contributed by atoms with Crippen LogP contribution in [0.2, 0.25) is 0 Å². The van der Waals surface area contributed by atoms with E-state index in [1.54, 1.807) is 5.48 Å². The fourth-order valence-electron chi connectivity index (χ4n) is 6.14. The summed E-state index contributed by atoms with van der Waals surface area (Å²) in [5.41, 5.74) is 8.70. The van der Waals surface area contributed by atoms with Crippen molar-refractivity contribution in [2.45, 2.75) is 76.7 Å². The zero-order valence-electron chi connectivity index (χ0n) is 28.3. The van der Waals surface area contributed by atoms with Crippen LogP contribution in [0.25, 0.3) is 11.1 Å². The van der Waals surface area contributed by atoms with Gasteiger partial charge in [-0.2, -0.15) is 0 Å². The average Bonchev–Trinajstić information content (AvgIpc) is 3.15. The fourth-order valence-corrected chi connectivity index (χ4v) is 6.14. The molecule has 0 bridgehead atoms. The quantitative estimate of drug-likeness (QED) is 0.0629. The number of hydrogen-bond acceptors (Lipinski definition) is 7. The number of hydroxylamine groups is 1. The van der Waals surface area contributed by atoms with Crippen LogP contribution in [-0.4, -0.2) is 46.7 Å². The van der Waals surface area contributed by atoms with Crippen LogP contribution in [0.4, 0.5) is 0 Å². The Bertz CT molecular complexity index is 1650. The van der Waals surface area contributed by atoms with E-state index in [1.165, 1.54) is 5.56 Å². The molecule has 1 aliphatic rings. The molecule has 49 heavy (non-hydrogen) atoms. The second-order valence-corrected chi connectivity index (χ2v) is 12.7. The van der Waals surface area contributed by atoms with Crippen molar-refractivity contribution >= 4 is 11.8 Å². The van der Waals surface area contributed by atoms with Crippen LogP contribution < -0.4 is 10.8 Å². The molecule has 1 fully saturated rings. The van der Waals surface area contributed by atoms with Crippen molar-refractivity contribution in [3.8, 4) is 11.1 Å². The fraction of sp³-hybridized carbons (Fsp3) is 0.350. The molecule has 1 heterocycles. The molecule has 4 aromatic carbocycles. The number of hydrogen-bond donors (Lipinski definition) is 4. The summed E-state index contributed by atoms with van der Waals surface area (Å²) in [6, 6.07) is 34.9. The van der Waals surface area contributed by atoms with Gasteiger partial charge in [0.25, 0.3) is 0 Å². The first-order valence-electron chi connectivity index (χ1n) is 17.0. The maximum atomic E-state index is 12.4. The van der Waals surface area contributed by atoms with E-state index in [0.717, 1.165) is 39.9 Å². The molecular weight excluding hydrogens is 618 g/mol. The van der Waals surface area contributed by atoms with Gasteiger partial charge in [0.15, 0.2) is 6.29 Å². The minimum Gasteiger partial charge on any atom is -0.392 e. The summed E-state index contributed by atoms with van der Waals surface area (Å²) in [6.45, 7) is 3.33. The molecule has 5 rings (SSSR count). The van der Waals surface area contributed by atoms with E-state index < -0.39 is 12.2 Å². The van der Waals surface area contributed by atoms with Gasteiger partial charge in [-0.3, -0.25) is 19.7 Å². The van der Waals surface area contributed by atoms with E-state index in [0.29, 0.717) is 32.2 Å². The summed E-state index contributed by atoms with van der Waals surface area (Å²) in [7, 11) is 2.13. The normalized spacial score (nSPS) is 18.2. The van der Waals surface area contributed by atoms with E-state index in [-0.39, 0.29) is 37.2 Å². The highest BCUT2D eigenvalue weighted by atomic mass is 16.7. The molecule has 4 atom stereocenters. The van der Waals surface area contributed by atoms with E-state index in [2.05, 4.69) is 66.7 Å². The monoisotopic (exact) mass is 665 g/mol. The van der Waals surface area contributed by atoms with E-state index in [1.807, 2.05) is 60.7 Å². The Hall–Kier alpha value is -4.38. The molecule has 0 saturated carbocycles. The molecule has 0 aromatic heterocycles. The first kappa shape index (κ1) is 35.9. The Morgan fingerprint density at radius 2 is 1.51 bits per heavy atom. The third kappa shape index (κ3) is 10.3. The third-order valence-corrected chi connectivity index (χ3v) is 9.14. The number of likely N-dealkylation sites (N-methyl/N-ethyl adjacent to an activating group) is 1. The van der Waals surface area contributed by atoms with Crippen LogP contribution in [0.3, 0.4) is 0 Å². The van der Waals surface area contributed by atoms with Gasteiger partial charge < -0.3 is 19.9 Å². The number of benzene rings is 4. The molecule has 4 N–H and O–H groups in total. The first-order chi connectivity index (χ1) is 23.8. The Labute approximate surface area is 288 Å². The Morgan fingerprint density at radius 3 is 2.22 bits per heavy atom. The van der Waals surface area contributed by atoms with Gasteiger partial charge in [-0.25, -0.2) is 5.48 Å². The summed E-state index contributed by atoms with van der Waals surface area (Å²) in [4.78, 5) is 25.8. The van der Waals surface area contributed by atoms with E-state index in [9.17, 15) is 14.7 Å². The van der Waals surface area contributed by atoms with Gasteiger partial charge in [0, 0.05) is 44.0 Å². The smallest absolute Gasteiger partial charge is 0.243 e. The summed E-state index contributed by atoms with van der Waals surface area (Å²) in [5, 5.41) is 21.1. The van der Waals surface area contributed by atoms with Crippen LogP contribution in [-0.2, 0) is 32.2 Å². The average molecular weight is 666 g/mol. The summed E-state index contributed by atoms with van der Waals surface area (Å²) >= 11 is 0. The highest BCUT2D eigenvalue weighted by molar-refractivity contribution is 5.76. The van der Waals surface area contributed by atoms with Crippen LogP contribution in [0.5, 0.6) is 0 Å². The molecule has 9 nitrogen and oxygen atoms in total. The van der Waals surface area contributed by atoms with Gasteiger partial charge in [-0.05, 0) is 72.3 Å². The lowest BCUT2D eigenvalue weighted by Crippen LogP contribution is -2.38. The van der Waals surface area contributed by atoms with Crippen molar-refractivity contribution in [1.82, 2.24) is 15.7 Å². The minimum atomic E-state index is -0.576. The lowest BCUT2D eigenvalue weighted by molar-refractivity contribution is -0.253. The summed E-state index contributed by atoms with van der Waals surface area (Å²) in [5.74, 6) is -0.528. The van der Waals surface area contributed by atoms with Gasteiger partial charge >= 0.3 is 0 Å². The molecule has 0 radical (unpaired) electrons. The van der Waals surface area contributed by atoms with Gasteiger partial charge in [-0.15, -0.1) is 0 Å². The highest BCUT2D eigenvalue weighted by Gasteiger charge is 2.33. The zero-order chi connectivity index (χ0) is 34.6. The highest BCUT2D eigenvalue weighted by Crippen LogP contribution is 2.39. The molecule has 1 aliphatic heterocycles. The second kappa shape index (κ2) is 17.9. The standard InChI is InChI=1S/C40H47N3O6/c1-28(31-11-4-3-5-12-31)43(2)26-36-24-37(32-20-18-29(27-44)19-21-32)49-40(48-36)35-15-9-14-34(23-35)33-13-8-10-30(22-33)25-41-38(45)16-6-7-17-39(46)42-47/h3-5,8-15,18-23,28,36-37,40,44,47H,6-7,16-17,24-27H2,1-2H3,(H,41,45)(H,42,46). The number of aliphatic hydroxyl groups excluding tert-OH is 1. The van der Waals surface area contributed by atoms with Crippen molar-refractivity contribution in [3.63, 3.8) is 0 Å². The summed E-state index contributed by atoms with van der Waals surface area (Å²) in [6.07, 6.45) is 1.46. The molecule has 4 unspecified atom stereocenters. The van der Waals surface area contributed by atoms with Gasteiger partial charge in [0.2, 0.25) is 11.8 Å². The lowest BCUT2D eigenvalue weighted by Gasteiger charge is -2.39. The molecule has 1 saturated heterocycles. The van der Waals surface area contributed by atoms with Crippen molar-refractivity contribution in [2.24, 2.45) is 0 Å². The molecule has 0 aliphatic carbocycles. The van der Waals surface area contributed by atoms with Crippen molar-refractivity contribution in [1.29, 1.82) is 0 Å². The number of ether oxygens (including phenoxy) is 2. The molecule has 9 heteroatoms. The second-order valence-electron chi connectivity index (χ2n) is 12.7. The number of nitrogens with one attached hydrogen (secondary N) is 2. The predicted octanol–water partition coefficient (Wildman–Crippen LogP) is 6.77. The van der Waals surface area contributed by atoms with Crippen LogP contribution >= 0.6 is 0 Å². The molecule has 4 aromatic rings. The molecular formula is C40H47N3O6. The van der Waals surface area contributed by atoms with E-state index in [4.69, 9.17) is 14.7 Å². The van der Waals surface area contributed by atoms with E-state index >= 15 is 0 Å². The number of rotatable bonds is 15. The number of carbonyl (C=O) groups is 2. The topological polar surface area (TPSA) is 120 Å². The number of carbonyl (C=O) groups excluding carboxylic acids is 2. The number of aliphatic hydroxyl groups is 1. The third-order valence-electron chi connectivity index (χ3n) is 9.14. The van der Waals surface area contributed by atoms with Crippen molar-refractivity contribution in [3.05, 3.63) is 131 Å². The molecule has 0 spiro atoms. The molecule has 2 amide bonds. The lowest BCUT2D eigenvalue weighted by atomic mass is 9.98.